The van der Waals surface area contributed by atoms with Gasteiger partial charge >= 0.3 is 0 Å². The van der Waals surface area contributed by atoms with Crippen molar-refractivity contribution in [1.29, 1.82) is 0 Å². The van der Waals surface area contributed by atoms with Crippen molar-refractivity contribution in [3.63, 3.8) is 0 Å². The molecule has 2 heterocycles. The summed E-state index contributed by atoms with van der Waals surface area (Å²) in [5.41, 5.74) is 1.34. The number of guanidine groups is 1. The first-order valence-electron chi connectivity index (χ1n) is 10.7. The fourth-order valence-electron chi connectivity index (χ4n) is 4.17. The maximum absolute atomic E-state index is 6.09. The monoisotopic (exact) mass is 524 g/mol. The Balaban J connectivity index is 0.00000256. The molecule has 2 aliphatic rings. The van der Waals surface area contributed by atoms with Crippen molar-refractivity contribution in [3.8, 4) is 0 Å². The van der Waals surface area contributed by atoms with Crippen molar-refractivity contribution >= 4 is 29.9 Å². The largest absolute Gasteiger partial charge is 0.375 e. The highest BCUT2D eigenvalue weighted by Gasteiger charge is 2.42. The molecule has 164 valence electrons. The molecular formula is C22H33IN6O. The number of rotatable bonds is 5. The molecule has 7 nitrogen and oxygen atoms in total. The van der Waals surface area contributed by atoms with Crippen molar-refractivity contribution < 1.29 is 4.74 Å². The van der Waals surface area contributed by atoms with Crippen LogP contribution in [-0.2, 0) is 18.3 Å². The molecule has 2 N–H and O–H groups in total. The molecule has 1 aromatic carbocycles. The Bertz CT molecular complexity index is 849. The van der Waals surface area contributed by atoms with Crippen LogP contribution in [0.15, 0.2) is 35.3 Å². The van der Waals surface area contributed by atoms with Gasteiger partial charge in [-0.15, -0.1) is 34.2 Å². The number of hydrogen-bond acceptors (Lipinski definition) is 4. The molecule has 1 aromatic heterocycles. The minimum atomic E-state index is 0. The fourth-order valence-corrected chi connectivity index (χ4v) is 4.17. The Hall–Kier alpha value is -1.68. The molecule has 2 unspecified atom stereocenters. The van der Waals surface area contributed by atoms with E-state index in [0.29, 0.717) is 12.6 Å². The van der Waals surface area contributed by atoms with Gasteiger partial charge in [0, 0.05) is 19.7 Å². The fraction of sp³-hybridized carbons (Fsp3) is 0.591. The van der Waals surface area contributed by atoms with E-state index in [1.54, 1.807) is 0 Å². The smallest absolute Gasteiger partial charge is 0.192 e. The summed E-state index contributed by atoms with van der Waals surface area (Å²) in [5, 5.41) is 15.6. The predicted octanol–water partition coefficient (Wildman–Crippen LogP) is 3.64. The lowest BCUT2D eigenvalue weighted by molar-refractivity contribution is -0.134. The molecule has 1 aliphatic carbocycles. The SMILES string of the molecule is Cc1nnc(CN=C(NC2CCOC3(CCC3)C2)NC(C)c2ccccc2)n1C.I. The molecule has 2 aromatic rings. The first-order chi connectivity index (χ1) is 14.0. The number of nitrogens with zero attached hydrogens (tertiary/aromatic N) is 4. The van der Waals surface area contributed by atoms with Crippen molar-refractivity contribution in [1.82, 2.24) is 25.4 Å². The molecule has 4 rings (SSSR count). The van der Waals surface area contributed by atoms with Gasteiger partial charge in [-0.2, -0.15) is 0 Å². The first kappa shape index (κ1) is 23.0. The molecule has 1 spiro atoms. The van der Waals surface area contributed by atoms with Gasteiger partial charge in [-0.1, -0.05) is 30.3 Å². The van der Waals surface area contributed by atoms with Gasteiger partial charge in [0.2, 0.25) is 0 Å². The molecule has 30 heavy (non-hydrogen) atoms. The summed E-state index contributed by atoms with van der Waals surface area (Å²) < 4.78 is 8.08. The van der Waals surface area contributed by atoms with Gasteiger partial charge in [-0.3, -0.25) is 0 Å². The van der Waals surface area contributed by atoms with E-state index in [2.05, 4.69) is 52.0 Å². The maximum Gasteiger partial charge on any atom is 0.192 e. The first-order valence-corrected chi connectivity index (χ1v) is 10.7. The number of benzene rings is 1. The van der Waals surface area contributed by atoms with Gasteiger partial charge in [0.15, 0.2) is 11.8 Å². The Morgan fingerprint density at radius 2 is 2.07 bits per heavy atom. The van der Waals surface area contributed by atoms with E-state index in [1.165, 1.54) is 24.8 Å². The summed E-state index contributed by atoms with van der Waals surface area (Å²) in [6, 6.07) is 11.0. The molecule has 1 aliphatic heterocycles. The van der Waals surface area contributed by atoms with Crippen molar-refractivity contribution in [2.24, 2.45) is 12.0 Å². The predicted molar refractivity (Wildman–Crippen MR) is 129 cm³/mol. The average Bonchev–Trinajstić information content (AvgIpc) is 3.04. The number of hydrogen-bond donors (Lipinski definition) is 2. The molecule has 1 saturated carbocycles. The second kappa shape index (κ2) is 10.1. The lowest BCUT2D eigenvalue weighted by Crippen LogP contribution is -2.54. The van der Waals surface area contributed by atoms with E-state index in [0.717, 1.165) is 37.1 Å². The molecule has 8 heteroatoms. The molecular weight excluding hydrogens is 491 g/mol. The van der Waals surface area contributed by atoms with E-state index in [4.69, 9.17) is 9.73 Å². The van der Waals surface area contributed by atoms with Crippen molar-refractivity contribution in [2.45, 2.75) is 70.2 Å². The summed E-state index contributed by atoms with van der Waals surface area (Å²) in [4.78, 5) is 4.85. The summed E-state index contributed by atoms with van der Waals surface area (Å²) in [5.74, 6) is 2.58. The zero-order chi connectivity index (χ0) is 20.3. The number of nitrogens with one attached hydrogen (secondary N) is 2. The molecule has 1 saturated heterocycles. The molecule has 2 fully saturated rings. The Morgan fingerprint density at radius 3 is 2.70 bits per heavy atom. The van der Waals surface area contributed by atoms with Crippen LogP contribution in [0, 0.1) is 6.92 Å². The Labute approximate surface area is 196 Å². The second-order valence-electron chi connectivity index (χ2n) is 8.38. The number of halogens is 1. The summed E-state index contributed by atoms with van der Waals surface area (Å²) in [6.07, 6.45) is 5.71. The van der Waals surface area contributed by atoms with Crippen LogP contribution in [0.2, 0.25) is 0 Å². The van der Waals surface area contributed by atoms with Crippen molar-refractivity contribution in [3.05, 3.63) is 47.5 Å². The Kier molecular flexibility index (Phi) is 7.73. The minimum Gasteiger partial charge on any atom is -0.375 e. The van der Waals surface area contributed by atoms with Crippen LogP contribution in [-0.4, -0.2) is 39.0 Å². The van der Waals surface area contributed by atoms with Crippen LogP contribution < -0.4 is 10.6 Å². The van der Waals surface area contributed by atoms with Gasteiger partial charge in [-0.25, -0.2) is 4.99 Å². The van der Waals surface area contributed by atoms with Crippen molar-refractivity contribution in [2.75, 3.05) is 6.61 Å². The van der Waals surface area contributed by atoms with Gasteiger partial charge in [0.1, 0.15) is 12.4 Å². The van der Waals surface area contributed by atoms with Crippen LogP contribution in [0.25, 0.3) is 0 Å². The standard InChI is InChI=1S/C22H32N6O.HI/c1-16(18-8-5-4-6-9-18)24-21(23-15-20-27-26-17(2)28(20)3)25-19-10-13-29-22(14-19)11-7-12-22;/h4-6,8-9,16,19H,7,10-15H2,1-3H3,(H2,23,24,25);1H. The second-order valence-corrected chi connectivity index (χ2v) is 8.38. The van der Waals surface area contributed by atoms with Crippen LogP contribution in [0.3, 0.4) is 0 Å². The highest BCUT2D eigenvalue weighted by atomic mass is 127. The summed E-state index contributed by atoms with van der Waals surface area (Å²) in [7, 11) is 1.98. The lowest BCUT2D eigenvalue weighted by Gasteiger charge is -2.47. The lowest BCUT2D eigenvalue weighted by atomic mass is 9.74. The van der Waals surface area contributed by atoms with E-state index >= 15 is 0 Å². The van der Waals surface area contributed by atoms with E-state index in [1.807, 2.05) is 24.6 Å². The number of aromatic nitrogens is 3. The van der Waals surface area contributed by atoms with E-state index in [-0.39, 0.29) is 35.6 Å². The van der Waals surface area contributed by atoms with Gasteiger partial charge in [0.25, 0.3) is 0 Å². The third kappa shape index (κ3) is 5.32. The summed E-state index contributed by atoms with van der Waals surface area (Å²) in [6.45, 7) is 5.43. The summed E-state index contributed by atoms with van der Waals surface area (Å²) >= 11 is 0. The normalized spacial score (nSPS) is 21.4. The average molecular weight is 524 g/mol. The van der Waals surface area contributed by atoms with Gasteiger partial charge in [-0.05, 0) is 51.5 Å². The molecule has 0 amide bonds. The maximum atomic E-state index is 6.09. The number of aryl methyl sites for hydroxylation is 1. The van der Waals surface area contributed by atoms with Crippen LogP contribution in [0.1, 0.15) is 62.3 Å². The van der Waals surface area contributed by atoms with Gasteiger partial charge in [0.05, 0.1) is 11.6 Å². The minimum absolute atomic E-state index is 0. The molecule has 0 radical (unpaired) electrons. The Morgan fingerprint density at radius 1 is 1.30 bits per heavy atom. The van der Waals surface area contributed by atoms with E-state index < -0.39 is 0 Å². The highest BCUT2D eigenvalue weighted by Crippen LogP contribution is 2.42. The van der Waals surface area contributed by atoms with Crippen LogP contribution >= 0.6 is 24.0 Å². The topological polar surface area (TPSA) is 76.4 Å². The highest BCUT2D eigenvalue weighted by molar-refractivity contribution is 14.0. The quantitative estimate of drug-likeness (QED) is 0.355. The third-order valence-electron chi connectivity index (χ3n) is 6.31. The third-order valence-corrected chi connectivity index (χ3v) is 6.31. The zero-order valence-electron chi connectivity index (χ0n) is 18.1. The van der Waals surface area contributed by atoms with Crippen LogP contribution in [0.4, 0.5) is 0 Å². The number of aliphatic imine (C=N–C) groups is 1. The zero-order valence-corrected chi connectivity index (χ0v) is 20.4. The molecule has 2 atom stereocenters. The molecule has 0 bridgehead atoms. The van der Waals surface area contributed by atoms with Gasteiger partial charge < -0.3 is 19.9 Å². The van der Waals surface area contributed by atoms with E-state index in [9.17, 15) is 0 Å². The number of ether oxygens (including phenoxy) is 1. The van der Waals surface area contributed by atoms with Crippen LogP contribution in [0.5, 0.6) is 0 Å².